The monoisotopic (exact) mass is 240 g/mol. The van der Waals surface area contributed by atoms with Crippen LogP contribution in [0.2, 0.25) is 5.02 Å². The van der Waals surface area contributed by atoms with Crippen LogP contribution >= 0.6 is 11.6 Å². The number of H-pyrrole nitrogens is 1. The fourth-order valence-corrected chi connectivity index (χ4v) is 1.46. The minimum atomic E-state index is -0.0873. The molecule has 0 aliphatic carbocycles. The molecule has 0 spiro atoms. The smallest absolute Gasteiger partial charge is 0.204 e. The minimum Gasteiger partial charge on any atom is -0.503 e. The van der Waals surface area contributed by atoms with Gasteiger partial charge in [-0.05, 0) is 24.3 Å². The summed E-state index contributed by atoms with van der Waals surface area (Å²) >= 11 is 5.86. The lowest BCUT2D eigenvalue weighted by Gasteiger charge is -2.08. The Hall–Kier alpha value is -1.82. The molecule has 2 aromatic rings. The summed E-state index contributed by atoms with van der Waals surface area (Å²) in [5.74, 6) is 0.605. The summed E-state index contributed by atoms with van der Waals surface area (Å²) in [6.07, 6.45) is 0. The number of benzene rings is 1. The number of aromatic amines is 1. The van der Waals surface area contributed by atoms with E-state index >= 15 is 0 Å². The van der Waals surface area contributed by atoms with Crippen LogP contribution < -0.4 is 4.74 Å². The molecule has 0 atom stereocenters. The number of aromatic hydroxyl groups is 1. The standard InChI is InChI=1S/C9H9ClN4O2/c1-2-16-7-4-5(3-6(10)8(7)15)9-11-13-14-12-9/h3-4,15H,2H2,1H3,(H,11,12,13,14). The van der Waals surface area contributed by atoms with Crippen LogP contribution in [0.3, 0.4) is 0 Å². The molecule has 2 N–H and O–H groups in total. The predicted octanol–water partition coefficient (Wildman–Crippen LogP) is 1.62. The lowest BCUT2D eigenvalue weighted by molar-refractivity contribution is 0.318. The summed E-state index contributed by atoms with van der Waals surface area (Å²) in [6, 6.07) is 3.15. The van der Waals surface area contributed by atoms with Gasteiger partial charge in [0.1, 0.15) is 0 Å². The molecule has 6 nitrogen and oxygen atoms in total. The molecular formula is C9H9ClN4O2. The molecule has 0 unspecified atom stereocenters. The Labute approximate surface area is 96.2 Å². The van der Waals surface area contributed by atoms with Gasteiger partial charge in [0.15, 0.2) is 11.5 Å². The first-order valence-corrected chi connectivity index (χ1v) is 4.99. The predicted molar refractivity (Wildman–Crippen MR) is 57.5 cm³/mol. The number of hydrogen-bond acceptors (Lipinski definition) is 5. The number of phenols is 1. The van der Waals surface area contributed by atoms with E-state index in [-0.39, 0.29) is 10.8 Å². The van der Waals surface area contributed by atoms with E-state index in [0.717, 1.165) is 0 Å². The van der Waals surface area contributed by atoms with Crippen molar-refractivity contribution in [1.82, 2.24) is 20.6 Å². The molecule has 0 radical (unpaired) electrons. The molecule has 0 fully saturated rings. The molecule has 1 aromatic heterocycles. The Morgan fingerprint density at radius 1 is 1.50 bits per heavy atom. The summed E-state index contributed by atoms with van der Waals surface area (Å²) in [7, 11) is 0. The first kappa shape index (κ1) is 10.7. The molecule has 1 aromatic carbocycles. The number of hydrogen-bond donors (Lipinski definition) is 2. The Balaban J connectivity index is 2.48. The van der Waals surface area contributed by atoms with E-state index in [9.17, 15) is 5.11 Å². The van der Waals surface area contributed by atoms with Crippen molar-refractivity contribution in [3.05, 3.63) is 17.2 Å². The highest BCUT2D eigenvalue weighted by Gasteiger charge is 2.12. The van der Waals surface area contributed by atoms with Gasteiger partial charge in [-0.2, -0.15) is 5.21 Å². The van der Waals surface area contributed by atoms with Crippen LogP contribution in [0.25, 0.3) is 11.4 Å². The van der Waals surface area contributed by atoms with Crippen molar-refractivity contribution in [3.63, 3.8) is 0 Å². The van der Waals surface area contributed by atoms with Crippen molar-refractivity contribution in [1.29, 1.82) is 0 Å². The van der Waals surface area contributed by atoms with Crippen molar-refractivity contribution >= 4 is 11.6 Å². The molecule has 1 heterocycles. The average molecular weight is 241 g/mol. The van der Waals surface area contributed by atoms with Gasteiger partial charge in [-0.1, -0.05) is 11.6 Å². The van der Waals surface area contributed by atoms with Crippen molar-refractivity contribution in [3.8, 4) is 22.9 Å². The summed E-state index contributed by atoms with van der Waals surface area (Å²) in [5.41, 5.74) is 0.625. The maximum atomic E-state index is 9.63. The second-order valence-corrected chi connectivity index (χ2v) is 3.38. The number of nitrogens with zero attached hydrogens (tertiary/aromatic N) is 3. The maximum Gasteiger partial charge on any atom is 0.204 e. The lowest BCUT2D eigenvalue weighted by atomic mass is 10.2. The molecule has 0 saturated carbocycles. The number of rotatable bonds is 3. The van der Waals surface area contributed by atoms with E-state index in [4.69, 9.17) is 16.3 Å². The summed E-state index contributed by atoms with van der Waals surface area (Å²) in [6.45, 7) is 2.24. The quantitative estimate of drug-likeness (QED) is 0.852. The van der Waals surface area contributed by atoms with E-state index in [2.05, 4.69) is 20.6 Å². The zero-order valence-electron chi connectivity index (χ0n) is 8.44. The second-order valence-electron chi connectivity index (χ2n) is 2.97. The van der Waals surface area contributed by atoms with E-state index in [1.54, 1.807) is 12.1 Å². The number of nitrogens with one attached hydrogen (secondary N) is 1. The third-order valence-corrected chi connectivity index (χ3v) is 2.22. The first-order valence-electron chi connectivity index (χ1n) is 4.61. The first-order chi connectivity index (χ1) is 7.72. The second kappa shape index (κ2) is 4.36. The maximum absolute atomic E-state index is 9.63. The Bertz CT molecular complexity index is 487. The van der Waals surface area contributed by atoms with Gasteiger partial charge in [-0.25, -0.2) is 0 Å². The van der Waals surface area contributed by atoms with Gasteiger partial charge >= 0.3 is 0 Å². The van der Waals surface area contributed by atoms with E-state index in [0.29, 0.717) is 23.7 Å². The number of ether oxygens (including phenoxy) is 1. The summed E-state index contributed by atoms with van der Waals surface area (Å²) in [4.78, 5) is 0. The third-order valence-electron chi connectivity index (χ3n) is 1.93. The highest BCUT2D eigenvalue weighted by atomic mass is 35.5. The van der Waals surface area contributed by atoms with Crippen LogP contribution in [-0.4, -0.2) is 32.3 Å². The van der Waals surface area contributed by atoms with Crippen LogP contribution in [0.1, 0.15) is 6.92 Å². The Morgan fingerprint density at radius 2 is 2.31 bits per heavy atom. The van der Waals surface area contributed by atoms with Gasteiger partial charge < -0.3 is 9.84 Å². The van der Waals surface area contributed by atoms with Crippen LogP contribution in [0.15, 0.2) is 12.1 Å². The minimum absolute atomic E-state index is 0.0873. The molecule has 84 valence electrons. The van der Waals surface area contributed by atoms with E-state index in [1.165, 1.54) is 0 Å². The fourth-order valence-electron chi connectivity index (χ4n) is 1.25. The molecular weight excluding hydrogens is 232 g/mol. The number of phenolic OH excluding ortho intramolecular Hbond substituents is 1. The van der Waals surface area contributed by atoms with Crippen LogP contribution in [-0.2, 0) is 0 Å². The SMILES string of the molecule is CCOc1cc(-c2nn[nH]n2)cc(Cl)c1O. The third kappa shape index (κ3) is 1.92. The summed E-state index contributed by atoms with van der Waals surface area (Å²) in [5, 5.41) is 23.2. The molecule has 0 aliphatic rings. The van der Waals surface area contributed by atoms with Crippen molar-refractivity contribution < 1.29 is 9.84 Å². The zero-order chi connectivity index (χ0) is 11.5. The van der Waals surface area contributed by atoms with Crippen LogP contribution in [0, 0.1) is 0 Å². The topological polar surface area (TPSA) is 83.9 Å². The molecule has 0 aliphatic heterocycles. The van der Waals surface area contributed by atoms with Gasteiger partial charge in [0.05, 0.1) is 11.6 Å². The summed E-state index contributed by atoms with van der Waals surface area (Å²) < 4.78 is 5.24. The van der Waals surface area contributed by atoms with Gasteiger partial charge in [-0.15, -0.1) is 10.2 Å². The molecule has 16 heavy (non-hydrogen) atoms. The number of aromatic nitrogens is 4. The van der Waals surface area contributed by atoms with Gasteiger partial charge in [-0.3, -0.25) is 0 Å². The van der Waals surface area contributed by atoms with Crippen molar-refractivity contribution in [2.45, 2.75) is 6.92 Å². The highest BCUT2D eigenvalue weighted by molar-refractivity contribution is 6.32. The molecule has 0 amide bonds. The van der Waals surface area contributed by atoms with E-state index in [1.807, 2.05) is 6.92 Å². The van der Waals surface area contributed by atoms with Crippen molar-refractivity contribution in [2.24, 2.45) is 0 Å². The van der Waals surface area contributed by atoms with Crippen LogP contribution in [0.5, 0.6) is 11.5 Å². The average Bonchev–Trinajstić information content (AvgIpc) is 2.78. The largest absolute Gasteiger partial charge is 0.503 e. The van der Waals surface area contributed by atoms with Gasteiger partial charge in [0.2, 0.25) is 5.82 Å². The van der Waals surface area contributed by atoms with Crippen LogP contribution in [0.4, 0.5) is 0 Å². The fraction of sp³-hybridized carbons (Fsp3) is 0.222. The lowest BCUT2D eigenvalue weighted by Crippen LogP contribution is -1.93. The Morgan fingerprint density at radius 3 is 2.94 bits per heavy atom. The zero-order valence-corrected chi connectivity index (χ0v) is 9.19. The normalized spacial score (nSPS) is 10.4. The molecule has 2 rings (SSSR count). The highest BCUT2D eigenvalue weighted by Crippen LogP contribution is 2.37. The van der Waals surface area contributed by atoms with Crippen molar-refractivity contribution in [2.75, 3.05) is 6.61 Å². The van der Waals surface area contributed by atoms with Gasteiger partial charge in [0, 0.05) is 5.56 Å². The molecule has 7 heteroatoms. The Kier molecular flexibility index (Phi) is 2.91. The van der Waals surface area contributed by atoms with Gasteiger partial charge in [0.25, 0.3) is 0 Å². The molecule has 0 saturated heterocycles. The van der Waals surface area contributed by atoms with E-state index < -0.39 is 0 Å². The number of tetrazole rings is 1. The molecule has 0 bridgehead atoms. The number of halogens is 1.